The van der Waals surface area contributed by atoms with Gasteiger partial charge in [0.1, 0.15) is 11.6 Å². The number of imidazole rings is 1. The van der Waals surface area contributed by atoms with Crippen LogP contribution in [0.1, 0.15) is 29.8 Å². The standard InChI is InChI=1S/C26H27FN6O2/c1-15-11-21-22(12-16(15)2)29-23(28-21)7-8-25(34)33-10-9-17(14-33)26(35)30-24-13-20(31-32-24)18-5-3-4-6-19(18)27/h3-6,11-13,17H,7-10,14H2,1-2H3,(H,28,29)(H2,30,31,32,35). The van der Waals surface area contributed by atoms with E-state index in [-0.39, 0.29) is 23.5 Å². The Bertz CT molecular complexity index is 1370. The van der Waals surface area contributed by atoms with Crippen molar-refractivity contribution in [2.24, 2.45) is 5.92 Å². The highest BCUT2D eigenvalue weighted by Crippen LogP contribution is 2.24. The van der Waals surface area contributed by atoms with Crippen molar-refractivity contribution in [3.05, 3.63) is 65.2 Å². The van der Waals surface area contributed by atoms with Crippen LogP contribution in [0, 0.1) is 25.6 Å². The van der Waals surface area contributed by atoms with Crippen LogP contribution in [0.3, 0.4) is 0 Å². The monoisotopic (exact) mass is 474 g/mol. The van der Waals surface area contributed by atoms with Crippen LogP contribution in [0.2, 0.25) is 0 Å². The molecule has 1 fully saturated rings. The molecule has 0 bridgehead atoms. The topological polar surface area (TPSA) is 107 Å². The molecule has 1 aliphatic rings. The van der Waals surface area contributed by atoms with Gasteiger partial charge in [0.05, 0.1) is 22.6 Å². The zero-order chi connectivity index (χ0) is 24.5. The quantitative estimate of drug-likeness (QED) is 0.391. The summed E-state index contributed by atoms with van der Waals surface area (Å²) in [7, 11) is 0. The van der Waals surface area contributed by atoms with Gasteiger partial charge in [0.25, 0.3) is 0 Å². The minimum atomic E-state index is -0.369. The molecule has 180 valence electrons. The number of likely N-dealkylation sites (tertiary alicyclic amines) is 1. The van der Waals surface area contributed by atoms with Gasteiger partial charge < -0.3 is 15.2 Å². The fourth-order valence-corrected chi connectivity index (χ4v) is 4.46. The zero-order valence-electron chi connectivity index (χ0n) is 19.7. The van der Waals surface area contributed by atoms with E-state index < -0.39 is 0 Å². The molecule has 2 amide bonds. The number of nitrogens with zero attached hydrogens (tertiary/aromatic N) is 3. The zero-order valence-corrected chi connectivity index (χ0v) is 19.7. The summed E-state index contributed by atoms with van der Waals surface area (Å²) >= 11 is 0. The molecule has 0 saturated carbocycles. The maximum absolute atomic E-state index is 14.0. The van der Waals surface area contributed by atoms with Crippen molar-refractivity contribution >= 4 is 28.7 Å². The van der Waals surface area contributed by atoms with Gasteiger partial charge in [-0.3, -0.25) is 14.7 Å². The van der Waals surface area contributed by atoms with Crippen LogP contribution >= 0.6 is 0 Å². The number of H-pyrrole nitrogens is 2. The minimum absolute atomic E-state index is 0.00901. The second-order valence-corrected chi connectivity index (χ2v) is 9.10. The summed E-state index contributed by atoms with van der Waals surface area (Å²) in [6.07, 6.45) is 1.44. The number of carbonyl (C=O) groups excluding carboxylic acids is 2. The van der Waals surface area contributed by atoms with Crippen molar-refractivity contribution < 1.29 is 14.0 Å². The number of anilines is 1. The molecule has 1 atom stereocenters. The molecule has 0 aliphatic carbocycles. The van der Waals surface area contributed by atoms with Crippen molar-refractivity contribution in [2.75, 3.05) is 18.4 Å². The Hall–Kier alpha value is -4.01. The van der Waals surface area contributed by atoms with Crippen molar-refractivity contribution in [1.82, 2.24) is 25.1 Å². The van der Waals surface area contributed by atoms with Gasteiger partial charge in [-0.1, -0.05) is 12.1 Å². The smallest absolute Gasteiger partial charge is 0.230 e. The first-order chi connectivity index (χ1) is 16.9. The molecule has 9 heteroatoms. The molecule has 1 aliphatic heterocycles. The third-order valence-electron chi connectivity index (χ3n) is 6.63. The van der Waals surface area contributed by atoms with Crippen LogP contribution in [0.15, 0.2) is 42.5 Å². The van der Waals surface area contributed by atoms with Crippen molar-refractivity contribution in [1.29, 1.82) is 0 Å². The predicted molar refractivity (Wildman–Crippen MR) is 131 cm³/mol. The molecule has 4 aromatic rings. The van der Waals surface area contributed by atoms with Crippen LogP contribution in [-0.2, 0) is 16.0 Å². The van der Waals surface area contributed by atoms with Gasteiger partial charge >= 0.3 is 0 Å². The average Bonchev–Trinajstić information content (AvgIpc) is 3.58. The number of aromatic nitrogens is 4. The second-order valence-electron chi connectivity index (χ2n) is 9.10. The Morgan fingerprint density at radius 3 is 2.80 bits per heavy atom. The van der Waals surface area contributed by atoms with Crippen LogP contribution in [-0.4, -0.2) is 50.0 Å². The normalized spacial score (nSPS) is 15.6. The van der Waals surface area contributed by atoms with E-state index in [2.05, 4.69) is 51.5 Å². The van der Waals surface area contributed by atoms with Crippen LogP contribution in [0.5, 0.6) is 0 Å². The maximum Gasteiger partial charge on any atom is 0.230 e. The molecule has 3 N–H and O–H groups in total. The number of hydrogen-bond donors (Lipinski definition) is 3. The molecule has 1 saturated heterocycles. The van der Waals surface area contributed by atoms with Crippen molar-refractivity contribution in [3.63, 3.8) is 0 Å². The van der Waals surface area contributed by atoms with Crippen molar-refractivity contribution in [3.8, 4) is 11.3 Å². The van der Waals surface area contributed by atoms with Crippen molar-refractivity contribution in [2.45, 2.75) is 33.1 Å². The average molecular weight is 475 g/mol. The fourth-order valence-electron chi connectivity index (χ4n) is 4.46. The summed E-state index contributed by atoms with van der Waals surface area (Å²) in [5, 5.41) is 9.61. The number of amides is 2. The molecule has 2 aromatic heterocycles. The highest BCUT2D eigenvalue weighted by atomic mass is 19.1. The number of aryl methyl sites for hydroxylation is 3. The Labute approximate surface area is 201 Å². The van der Waals surface area contributed by atoms with Crippen LogP contribution in [0.4, 0.5) is 10.2 Å². The van der Waals surface area contributed by atoms with E-state index in [1.807, 2.05) is 0 Å². The summed E-state index contributed by atoms with van der Waals surface area (Å²) in [6.45, 7) is 5.03. The lowest BCUT2D eigenvalue weighted by molar-refractivity contribution is -0.130. The minimum Gasteiger partial charge on any atom is -0.342 e. The molecule has 35 heavy (non-hydrogen) atoms. The Morgan fingerprint density at radius 2 is 1.97 bits per heavy atom. The van der Waals surface area contributed by atoms with Gasteiger partial charge in [0, 0.05) is 37.6 Å². The highest BCUT2D eigenvalue weighted by Gasteiger charge is 2.31. The van der Waals surface area contributed by atoms with Crippen LogP contribution < -0.4 is 5.32 Å². The van der Waals surface area contributed by atoms with Gasteiger partial charge in [-0.2, -0.15) is 5.10 Å². The predicted octanol–water partition coefficient (Wildman–Crippen LogP) is 4.13. The molecule has 5 rings (SSSR count). The lowest BCUT2D eigenvalue weighted by Crippen LogP contribution is -2.31. The van der Waals surface area contributed by atoms with E-state index >= 15 is 0 Å². The van der Waals surface area contributed by atoms with E-state index in [1.54, 1.807) is 29.2 Å². The Kier molecular flexibility index (Phi) is 6.07. The number of hydrogen-bond acceptors (Lipinski definition) is 4. The Balaban J connectivity index is 1.14. The summed E-state index contributed by atoms with van der Waals surface area (Å²) < 4.78 is 14.0. The maximum atomic E-state index is 14.0. The van der Waals surface area contributed by atoms with Gasteiger partial charge in [-0.25, -0.2) is 9.37 Å². The molecular weight excluding hydrogens is 447 g/mol. The van der Waals surface area contributed by atoms with Gasteiger partial charge in [0.2, 0.25) is 11.8 Å². The van der Waals surface area contributed by atoms with Gasteiger partial charge in [0.15, 0.2) is 5.82 Å². The molecule has 1 unspecified atom stereocenters. The highest BCUT2D eigenvalue weighted by molar-refractivity contribution is 5.93. The molecular formula is C26H27FN6O2. The lowest BCUT2D eigenvalue weighted by atomic mass is 10.1. The summed E-state index contributed by atoms with van der Waals surface area (Å²) in [5.74, 6) is 0.241. The van der Waals surface area contributed by atoms with E-state index in [0.29, 0.717) is 49.4 Å². The number of carbonyl (C=O) groups is 2. The molecule has 2 aromatic carbocycles. The number of fused-ring (bicyclic) bond motifs is 1. The molecule has 8 nitrogen and oxygen atoms in total. The third kappa shape index (κ3) is 4.80. The third-order valence-corrected chi connectivity index (χ3v) is 6.63. The van der Waals surface area contributed by atoms with Gasteiger partial charge in [-0.15, -0.1) is 0 Å². The molecule has 3 heterocycles. The summed E-state index contributed by atoms with van der Waals surface area (Å²) in [4.78, 5) is 35.1. The first-order valence-corrected chi connectivity index (χ1v) is 11.7. The lowest BCUT2D eigenvalue weighted by Gasteiger charge is -2.16. The fraction of sp³-hybridized carbons (Fsp3) is 0.308. The second kappa shape index (κ2) is 9.32. The van der Waals surface area contributed by atoms with E-state index in [0.717, 1.165) is 16.9 Å². The number of benzene rings is 2. The van der Waals surface area contributed by atoms with Crippen LogP contribution in [0.25, 0.3) is 22.3 Å². The largest absolute Gasteiger partial charge is 0.342 e. The first-order valence-electron chi connectivity index (χ1n) is 11.7. The summed E-state index contributed by atoms with van der Waals surface area (Å²) in [6, 6.07) is 12.1. The van der Waals surface area contributed by atoms with Gasteiger partial charge in [-0.05, 0) is 55.7 Å². The number of halogens is 1. The van der Waals surface area contributed by atoms with E-state index in [4.69, 9.17) is 0 Å². The van der Waals surface area contributed by atoms with E-state index in [9.17, 15) is 14.0 Å². The Morgan fingerprint density at radius 1 is 1.17 bits per heavy atom. The molecule has 0 spiro atoms. The first kappa shape index (κ1) is 22.8. The van der Waals surface area contributed by atoms with E-state index in [1.165, 1.54) is 17.2 Å². The number of rotatable bonds is 6. The SMILES string of the molecule is Cc1cc2nc(CCC(=O)N3CCC(C(=O)Nc4cc(-c5ccccc5F)[nH]n4)C3)[nH]c2cc1C. The number of nitrogens with one attached hydrogen (secondary N) is 3. The number of aromatic amines is 2. The summed E-state index contributed by atoms with van der Waals surface area (Å²) in [5.41, 5.74) is 5.13. The molecule has 0 radical (unpaired) electrons.